The maximum atomic E-state index is 13.8. The number of aryl methyl sites for hydroxylation is 2. The van der Waals surface area contributed by atoms with Crippen LogP contribution in [-0.2, 0) is 17.5 Å². The molecule has 0 saturated heterocycles. The van der Waals surface area contributed by atoms with Crippen LogP contribution in [0.1, 0.15) is 47.4 Å². The van der Waals surface area contributed by atoms with Gasteiger partial charge < -0.3 is 11.1 Å². The van der Waals surface area contributed by atoms with E-state index in [1.807, 2.05) is 6.92 Å². The van der Waals surface area contributed by atoms with Crippen molar-refractivity contribution in [3.8, 4) is 11.1 Å². The molecule has 38 heavy (non-hydrogen) atoms. The minimum absolute atomic E-state index is 0.0568. The van der Waals surface area contributed by atoms with Crippen LogP contribution in [0, 0.1) is 17.0 Å². The summed E-state index contributed by atoms with van der Waals surface area (Å²) in [6.45, 7) is 5.53. The summed E-state index contributed by atoms with van der Waals surface area (Å²) in [7, 11) is 0. The van der Waals surface area contributed by atoms with E-state index in [1.165, 1.54) is 0 Å². The van der Waals surface area contributed by atoms with Gasteiger partial charge in [-0.2, -0.15) is 23.4 Å². The Morgan fingerprint density at radius 2 is 1.97 bits per heavy atom. The van der Waals surface area contributed by atoms with Crippen molar-refractivity contribution in [2.24, 2.45) is 5.73 Å². The third-order valence-electron chi connectivity index (χ3n) is 5.79. The first-order valence-electron chi connectivity index (χ1n) is 11.2. The molecule has 0 aliphatic rings. The number of nitrogens with zero attached hydrogens (tertiary/aromatic N) is 6. The van der Waals surface area contributed by atoms with Crippen molar-refractivity contribution >= 4 is 44.7 Å². The molecule has 0 aliphatic carbocycles. The lowest BCUT2D eigenvalue weighted by molar-refractivity contribution is -0.385. The molecule has 0 radical (unpaired) electrons. The smallest absolute Gasteiger partial charge is 0.365 e. The third kappa shape index (κ3) is 4.81. The van der Waals surface area contributed by atoms with Gasteiger partial charge >= 0.3 is 11.9 Å². The van der Waals surface area contributed by atoms with E-state index in [9.17, 15) is 32.9 Å². The molecule has 4 aromatic heterocycles. The van der Waals surface area contributed by atoms with Crippen molar-refractivity contribution in [3.05, 3.63) is 51.0 Å². The lowest BCUT2D eigenvalue weighted by Gasteiger charge is -2.16. The Morgan fingerprint density at radius 1 is 1.26 bits per heavy atom. The summed E-state index contributed by atoms with van der Waals surface area (Å²) in [5, 5.41) is 21.9. The monoisotopic (exact) mass is 550 g/mol. The molecular weight excluding hydrogens is 529 g/mol. The standard InChI is InChI=1S/C22H21F3N8O4S/c1-4-14(32-8-11(7-27-32)33(36)37)20(35)29-17-16-12(13-9-31(5-2)30-10(13)3)6-15(22(23,24)25)28-21(16)38-18(17)19(26)34/h6-9,14H,4-5H2,1-3H3,(H2,26,34)(H,29,35). The van der Waals surface area contributed by atoms with E-state index in [2.05, 4.69) is 20.5 Å². The van der Waals surface area contributed by atoms with Crippen LogP contribution in [0.5, 0.6) is 0 Å². The van der Waals surface area contributed by atoms with Gasteiger partial charge in [-0.1, -0.05) is 6.92 Å². The van der Waals surface area contributed by atoms with E-state index < -0.39 is 34.6 Å². The Balaban J connectivity index is 1.92. The number of thiophene rings is 1. The quantitative estimate of drug-likeness (QED) is 0.244. The molecule has 16 heteroatoms. The van der Waals surface area contributed by atoms with Crippen LogP contribution >= 0.6 is 11.3 Å². The van der Waals surface area contributed by atoms with Gasteiger partial charge in [-0.25, -0.2) is 4.98 Å². The number of hydrogen-bond donors (Lipinski definition) is 2. The fourth-order valence-electron chi connectivity index (χ4n) is 3.98. The van der Waals surface area contributed by atoms with Gasteiger partial charge in [0.15, 0.2) is 0 Å². The first kappa shape index (κ1) is 26.7. The number of anilines is 1. The van der Waals surface area contributed by atoms with Gasteiger partial charge in [-0.3, -0.25) is 29.1 Å². The molecule has 0 bridgehead atoms. The summed E-state index contributed by atoms with van der Waals surface area (Å²) in [5.74, 6) is -1.69. The van der Waals surface area contributed by atoms with Gasteiger partial charge in [-0.15, -0.1) is 11.3 Å². The van der Waals surface area contributed by atoms with Crippen molar-refractivity contribution in [1.29, 1.82) is 0 Å². The van der Waals surface area contributed by atoms with Crippen molar-refractivity contribution in [2.75, 3.05) is 5.32 Å². The average Bonchev–Trinajstić information content (AvgIpc) is 3.56. The lowest BCUT2D eigenvalue weighted by atomic mass is 10.0. The molecule has 1 atom stereocenters. The Morgan fingerprint density at radius 3 is 2.50 bits per heavy atom. The van der Waals surface area contributed by atoms with E-state index in [0.29, 0.717) is 29.1 Å². The number of amides is 2. The number of alkyl halides is 3. The molecule has 12 nitrogen and oxygen atoms in total. The number of hydrogen-bond acceptors (Lipinski definition) is 8. The summed E-state index contributed by atoms with van der Waals surface area (Å²) in [5.41, 5.74) is 4.75. The molecule has 200 valence electrons. The zero-order valence-corrected chi connectivity index (χ0v) is 21.1. The minimum atomic E-state index is -4.79. The normalized spacial score (nSPS) is 12.6. The average molecular weight is 551 g/mol. The van der Waals surface area contributed by atoms with E-state index in [-0.39, 0.29) is 38.5 Å². The second-order valence-corrected chi connectivity index (χ2v) is 9.24. The van der Waals surface area contributed by atoms with Crippen molar-refractivity contribution in [3.63, 3.8) is 0 Å². The number of fused-ring (bicyclic) bond motifs is 1. The van der Waals surface area contributed by atoms with Crippen molar-refractivity contribution in [2.45, 2.75) is 46.0 Å². The number of carbonyl (C=O) groups excluding carboxylic acids is 2. The fraction of sp³-hybridized carbons (Fsp3) is 0.318. The van der Waals surface area contributed by atoms with Crippen LogP contribution in [0.2, 0.25) is 0 Å². The number of nitro groups is 1. The number of primary amides is 1. The highest BCUT2D eigenvalue weighted by Gasteiger charge is 2.36. The SMILES string of the molecule is CCC(C(=O)Nc1c(C(N)=O)sc2nc(C(F)(F)F)cc(-c3cn(CC)nc3C)c12)n1cc([N+](=O)[O-])cn1. The highest BCUT2D eigenvalue weighted by molar-refractivity contribution is 7.21. The number of aromatic nitrogens is 5. The maximum Gasteiger partial charge on any atom is 0.433 e. The Labute approximate surface area is 216 Å². The lowest BCUT2D eigenvalue weighted by Crippen LogP contribution is -2.27. The van der Waals surface area contributed by atoms with E-state index in [1.54, 1.807) is 24.7 Å². The first-order chi connectivity index (χ1) is 17.8. The molecule has 4 heterocycles. The number of carbonyl (C=O) groups is 2. The molecule has 4 aromatic rings. The molecule has 0 fully saturated rings. The van der Waals surface area contributed by atoms with E-state index in [4.69, 9.17) is 5.73 Å². The predicted molar refractivity (Wildman–Crippen MR) is 132 cm³/mol. The molecule has 2 amide bonds. The van der Waals surface area contributed by atoms with Crippen LogP contribution < -0.4 is 11.1 Å². The number of rotatable bonds is 8. The number of nitrogens with one attached hydrogen (secondary N) is 1. The predicted octanol–water partition coefficient (Wildman–Crippen LogP) is 4.30. The van der Waals surface area contributed by atoms with E-state index in [0.717, 1.165) is 23.1 Å². The Kier molecular flexibility index (Phi) is 6.92. The highest BCUT2D eigenvalue weighted by Crippen LogP contribution is 2.44. The summed E-state index contributed by atoms with van der Waals surface area (Å²) >= 11 is 0.615. The van der Waals surface area contributed by atoms with Gasteiger partial charge in [0.05, 0.1) is 16.3 Å². The largest absolute Gasteiger partial charge is 0.433 e. The van der Waals surface area contributed by atoms with Crippen molar-refractivity contribution < 1.29 is 27.7 Å². The summed E-state index contributed by atoms with van der Waals surface area (Å²) < 4.78 is 43.9. The maximum absolute atomic E-state index is 13.8. The van der Waals surface area contributed by atoms with Gasteiger partial charge in [0.25, 0.3) is 5.91 Å². The van der Waals surface area contributed by atoms with Crippen LogP contribution in [-0.4, -0.2) is 41.3 Å². The van der Waals surface area contributed by atoms with Crippen molar-refractivity contribution in [1.82, 2.24) is 24.5 Å². The summed E-state index contributed by atoms with van der Waals surface area (Å²) in [6.07, 6.45) is -1.00. The van der Waals surface area contributed by atoms with Gasteiger partial charge in [0.1, 0.15) is 33.8 Å². The van der Waals surface area contributed by atoms with Crippen LogP contribution in [0.3, 0.4) is 0 Å². The minimum Gasteiger partial charge on any atom is -0.365 e. The summed E-state index contributed by atoms with van der Waals surface area (Å²) in [6, 6.07) is -0.192. The molecule has 0 aliphatic heterocycles. The number of halogens is 3. The Hall–Kier alpha value is -4.34. The molecule has 4 rings (SSSR count). The van der Waals surface area contributed by atoms with Gasteiger partial charge in [-0.05, 0) is 31.9 Å². The van der Waals surface area contributed by atoms with Gasteiger partial charge in [0.2, 0.25) is 5.91 Å². The molecule has 0 spiro atoms. The number of nitrogens with two attached hydrogens (primary N) is 1. The van der Waals surface area contributed by atoms with Crippen LogP contribution in [0.15, 0.2) is 24.7 Å². The first-order valence-corrected chi connectivity index (χ1v) is 12.1. The molecule has 0 aromatic carbocycles. The van der Waals surface area contributed by atoms with Crippen LogP contribution in [0.4, 0.5) is 24.5 Å². The van der Waals surface area contributed by atoms with E-state index >= 15 is 0 Å². The third-order valence-corrected chi connectivity index (χ3v) is 6.89. The molecule has 0 saturated carbocycles. The van der Waals surface area contributed by atoms with Gasteiger partial charge in [0, 0.05) is 23.7 Å². The van der Waals surface area contributed by atoms with Crippen LogP contribution in [0.25, 0.3) is 21.3 Å². The fourth-order valence-corrected chi connectivity index (χ4v) is 4.99. The number of pyridine rings is 1. The molecular formula is C22H21F3N8O4S. The second kappa shape index (κ2) is 9.85. The molecule has 3 N–H and O–H groups in total. The zero-order chi connectivity index (χ0) is 27.9. The topological polar surface area (TPSA) is 164 Å². The summed E-state index contributed by atoms with van der Waals surface area (Å²) in [4.78, 5) is 39.4. The molecule has 1 unspecified atom stereocenters. The zero-order valence-electron chi connectivity index (χ0n) is 20.2. The second-order valence-electron chi connectivity index (χ2n) is 8.24. The highest BCUT2D eigenvalue weighted by atomic mass is 32.1. The Bertz CT molecular complexity index is 1570.